The molecule has 0 radical (unpaired) electrons. The summed E-state index contributed by atoms with van der Waals surface area (Å²) in [6.07, 6.45) is 0. The Bertz CT molecular complexity index is 598. The van der Waals surface area contributed by atoms with E-state index in [9.17, 15) is 4.79 Å². The van der Waals surface area contributed by atoms with E-state index in [-0.39, 0.29) is 5.91 Å². The lowest BCUT2D eigenvalue weighted by Gasteiger charge is -2.26. The summed E-state index contributed by atoms with van der Waals surface area (Å²) in [6.45, 7) is 5.10. The molecule has 3 rings (SSSR count). The van der Waals surface area contributed by atoms with Crippen LogP contribution < -0.4 is 5.32 Å². The lowest BCUT2D eigenvalue weighted by Crippen LogP contribution is -2.46. The van der Waals surface area contributed by atoms with Gasteiger partial charge < -0.3 is 14.7 Å². The monoisotopic (exact) mass is 271 g/mol. The Morgan fingerprint density at radius 3 is 2.65 bits per heavy atom. The van der Waals surface area contributed by atoms with Crippen LogP contribution in [0.1, 0.15) is 16.1 Å². The van der Waals surface area contributed by atoms with Crippen LogP contribution in [0.25, 0.3) is 11.3 Å². The maximum Gasteiger partial charge on any atom is 0.292 e. The van der Waals surface area contributed by atoms with Crippen LogP contribution >= 0.6 is 0 Å². The van der Waals surface area contributed by atoms with Gasteiger partial charge in [-0.2, -0.15) is 0 Å². The summed E-state index contributed by atoms with van der Waals surface area (Å²) in [6, 6.07) is 9.71. The van der Waals surface area contributed by atoms with Gasteiger partial charge in [0.05, 0.1) is 0 Å². The zero-order valence-electron chi connectivity index (χ0n) is 11.4. The molecule has 0 atom stereocenters. The number of rotatable bonds is 2. The van der Waals surface area contributed by atoms with Gasteiger partial charge in [0.25, 0.3) is 5.91 Å². The van der Waals surface area contributed by atoms with Crippen LogP contribution in [-0.4, -0.2) is 42.1 Å². The number of amides is 1. The first-order valence-corrected chi connectivity index (χ1v) is 6.78. The summed E-state index contributed by atoms with van der Waals surface area (Å²) in [4.78, 5) is 14.1. The van der Waals surface area contributed by atoms with Gasteiger partial charge in [-0.05, 0) is 6.92 Å². The van der Waals surface area contributed by atoms with Crippen molar-refractivity contribution in [1.29, 1.82) is 0 Å². The van der Waals surface area contributed by atoms with E-state index in [0.29, 0.717) is 24.5 Å². The number of benzene rings is 1. The highest BCUT2D eigenvalue weighted by molar-refractivity contribution is 5.92. The summed E-state index contributed by atoms with van der Waals surface area (Å²) < 4.78 is 5.20. The van der Waals surface area contributed by atoms with Crippen molar-refractivity contribution >= 4 is 5.91 Å². The fourth-order valence-corrected chi connectivity index (χ4v) is 2.26. The maximum absolute atomic E-state index is 12.3. The molecular formula is C15H17N3O2. The second-order valence-corrected chi connectivity index (χ2v) is 4.98. The first kappa shape index (κ1) is 12.9. The van der Waals surface area contributed by atoms with Gasteiger partial charge in [-0.1, -0.05) is 35.0 Å². The summed E-state index contributed by atoms with van der Waals surface area (Å²) in [5.41, 5.74) is 2.84. The number of carbonyl (C=O) groups is 1. The molecule has 2 aromatic rings. The molecule has 1 amide bonds. The highest BCUT2D eigenvalue weighted by atomic mass is 16.5. The lowest BCUT2D eigenvalue weighted by molar-refractivity contribution is 0.0694. The molecule has 104 valence electrons. The van der Waals surface area contributed by atoms with E-state index in [2.05, 4.69) is 10.5 Å². The van der Waals surface area contributed by atoms with Crippen LogP contribution in [0.3, 0.4) is 0 Å². The van der Waals surface area contributed by atoms with Gasteiger partial charge in [-0.15, -0.1) is 0 Å². The molecule has 2 heterocycles. The van der Waals surface area contributed by atoms with Gasteiger partial charge in [0.1, 0.15) is 5.69 Å². The highest BCUT2D eigenvalue weighted by Crippen LogP contribution is 2.20. The molecule has 0 spiro atoms. The third-order valence-corrected chi connectivity index (χ3v) is 3.47. The van der Waals surface area contributed by atoms with Crippen molar-refractivity contribution in [3.8, 4) is 11.3 Å². The Labute approximate surface area is 117 Å². The molecule has 1 fully saturated rings. The van der Waals surface area contributed by atoms with E-state index in [1.807, 2.05) is 31.2 Å². The summed E-state index contributed by atoms with van der Waals surface area (Å²) >= 11 is 0. The van der Waals surface area contributed by atoms with E-state index in [4.69, 9.17) is 4.52 Å². The molecule has 1 N–H and O–H groups in total. The van der Waals surface area contributed by atoms with Gasteiger partial charge in [0.15, 0.2) is 0 Å². The number of nitrogens with one attached hydrogen (secondary N) is 1. The van der Waals surface area contributed by atoms with Crippen molar-refractivity contribution in [1.82, 2.24) is 15.4 Å². The molecule has 0 aliphatic carbocycles. The van der Waals surface area contributed by atoms with Crippen LogP contribution in [0.2, 0.25) is 0 Å². The van der Waals surface area contributed by atoms with Crippen LogP contribution in [0.5, 0.6) is 0 Å². The highest BCUT2D eigenvalue weighted by Gasteiger charge is 2.22. The number of nitrogens with zero attached hydrogens (tertiary/aromatic N) is 2. The zero-order valence-corrected chi connectivity index (χ0v) is 11.4. The van der Waals surface area contributed by atoms with Crippen LogP contribution in [0.4, 0.5) is 0 Å². The Balaban J connectivity index is 1.79. The van der Waals surface area contributed by atoms with Gasteiger partial charge in [0.2, 0.25) is 5.76 Å². The van der Waals surface area contributed by atoms with E-state index in [1.165, 1.54) is 5.56 Å². The number of carbonyl (C=O) groups excluding carboxylic acids is 1. The van der Waals surface area contributed by atoms with Crippen LogP contribution in [0, 0.1) is 6.92 Å². The average molecular weight is 271 g/mol. The second-order valence-electron chi connectivity index (χ2n) is 4.98. The van der Waals surface area contributed by atoms with E-state index < -0.39 is 0 Å². The number of aryl methyl sites for hydroxylation is 1. The Kier molecular flexibility index (Phi) is 3.52. The zero-order chi connectivity index (χ0) is 13.9. The van der Waals surface area contributed by atoms with Crippen molar-refractivity contribution in [2.45, 2.75) is 6.92 Å². The summed E-state index contributed by atoms with van der Waals surface area (Å²) in [5, 5.41) is 7.21. The number of piperazine rings is 1. The number of aromatic nitrogens is 1. The van der Waals surface area contributed by atoms with Crippen molar-refractivity contribution < 1.29 is 9.32 Å². The maximum atomic E-state index is 12.3. The number of hydrogen-bond donors (Lipinski definition) is 1. The molecule has 1 aliphatic rings. The van der Waals surface area contributed by atoms with Crippen LogP contribution in [0.15, 0.2) is 34.9 Å². The van der Waals surface area contributed by atoms with E-state index >= 15 is 0 Å². The molecule has 1 saturated heterocycles. The first-order valence-electron chi connectivity index (χ1n) is 6.78. The van der Waals surface area contributed by atoms with Crippen LogP contribution in [-0.2, 0) is 0 Å². The largest absolute Gasteiger partial charge is 0.350 e. The minimum atomic E-state index is -0.0858. The molecule has 20 heavy (non-hydrogen) atoms. The van der Waals surface area contributed by atoms with Gasteiger partial charge >= 0.3 is 0 Å². The average Bonchev–Trinajstić information content (AvgIpc) is 2.98. The molecule has 5 nitrogen and oxygen atoms in total. The predicted molar refractivity (Wildman–Crippen MR) is 75.4 cm³/mol. The lowest BCUT2D eigenvalue weighted by atomic mass is 10.1. The molecule has 1 aliphatic heterocycles. The fraction of sp³-hybridized carbons (Fsp3) is 0.333. The number of hydrogen-bond acceptors (Lipinski definition) is 4. The molecule has 0 unspecified atom stereocenters. The molecule has 0 bridgehead atoms. The fourth-order valence-electron chi connectivity index (χ4n) is 2.26. The van der Waals surface area contributed by atoms with Crippen molar-refractivity contribution in [3.63, 3.8) is 0 Å². The van der Waals surface area contributed by atoms with Crippen molar-refractivity contribution in [3.05, 3.63) is 41.7 Å². The predicted octanol–water partition coefficient (Wildman–Crippen LogP) is 1.70. The molecule has 1 aromatic heterocycles. The first-order chi connectivity index (χ1) is 9.74. The summed E-state index contributed by atoms with van der Waals surface area (Å²) in [5.74, 6) is 0.222. The third kappa shape index (κ3) is 2.58. The van der Waals surface area contributed by atoms with Gasteiger partial charge in [0, 0.05) is 37.8 Å². The van der Waals surface area contributed by atoms with E-state index in [1.54, 1.807) is 11.0 Å². The Morgan fingerprint density at radius 2 is 1.95 bits per heavy atom. The SMILES string of the molecule is Cc1ccc(-c2cc(C(=O)N3CCNCC3)on2)cc1. The Morgan fingerprint density at radius 1 is 1.25 bits per heavy atom. The Hall–Kier alpha value is -2.14. The second kappa shape index (κ2) is 5.46. The van der Waals surface area contributed by atoms with Gasteiger partial charge in [-0.3, -0.25) is 4.79 Å². The summed E-state index contributed by atoms with van der Waals surface area (Å²) in [7, 11) is 0. The van der Waals surface area contributed by atoms with Crippen molar-refractivity contribution in [2.24, 2.45) is 0 Å². The van der Waals surface area contributed by atoms with Gasteiger partial charge in [-0.25, -0.2) is 0 Å². The smallest absolute Gasteiger partial charge is 0.292 e. The standard InChI is InChI=1S/C15H17N3O2/c1-11-2-4-12(5-3-11)13-10-14(20-17-13)15(19)18-8-6-16-7-9-18/h2-5,10,16H,6-9H2,1H3. The molecular weight excluding hydrogens is 254 g/mol. The topological polar surface area (TPSA) is 58.4 Å². The molecule has 5 heteroatoms. The normalized spacial score (nSPS) is 15.3. The minimum Gasteiger partial charge on any atom is -0.350 e. The van der Waals surface area contributed by atoms with Crippen molar-refractivity contribution in [2.75, 3.05) is 26.2 Å². The third-order valence-electron chi connectivity index (χ3n) is 3.47. The molecule has 1 aromatic carbocycles. The molecule has 0 saturated carbocycles. The van der Waals surface area contributed by atoms with E-state index in [0.717, 1.165) is 18.7 Å². The minimum absolute atomic E-state index is 0.0858. The quantitative estimate of drug-likeness (QED) is 0.903.